The van der Waals surface area contributed by atoms with Crippen LogP contribution in [0.25, 0.3) is 5.69 Å². The first-order chi connectivity index (χ1) is 12.5. The third-order valence-electron chi connectivity index (χ3n) is 3.68. The van der Waals surface area contributed by atoms with Gasteiger partial charge in [-0.1, -0.05) is 6.07 Å². The van der Waals surface area contributed by atoms with Crippen molar-refractivity contribution in [2.75, 3.05) is 5.32 Å². The van der Waals surface area contributed by atoms with Gasteiger partial charge >= 0.3 is 18.2 Å². The second kappa shape index (κ2) is 7.68. The van der Waals surface area contributed by atoms with Gasteiger partial charge in [0.1, 0.15) is 0 Å². The molecule has 10 heteroatoms. The summed E-state index contributed by atoms with van der Waals surface area (Å²) in [4.78, 5) is 22.7. The second-order valence-corrected chi connectivity index (χ2v) is 6.55. The van der Waals surface area contributed by atoms with Crippen molar-refractivity contribution in [1.29, 1.82) is 0 Å². The lowest BCUT2D eigenvalue weighted by molar-refractivity contribution is -0.138. The molecule has 2 rings (SSSR count). The number of carboxylic acid groups (broad SMARTS) is 1. The van der Waals surface area contributed by atoms with Gasteiger partial charge in [0.15, 0.2) is 5.82 Å². The number of hydrogen-bond acceptors (Lipinski definition) is 3. The van der Waals surface area contributed by atoms with E-state index in [0.717, 1.165) is 12.1 Å². The Labute approximate surface area is 153 Å². The van der Waals surface area contributed by atoms with Crippen molar-refractivity contribution in [3.63, 3.8) is 0 Å². The lowest BCUT2D eigenvalue weighted by Gasteiger charge is -2.25. The molecule has 0 saturated heterocycles. The molecule has 0 fully saturated rings. The number of alkyl halides is 3. The van der Waals surface area contributed by atoms with E-state index in [9.17, 15) is 22.8 Å². The molecule has 0 bridgehead atoms. The number of carboxylic acids is 1. The number of carbonyl (C=O) groups is 2. The summed E-state index contributed by atoms with van der Waals surface area (Å²) in [5.41, 5.74) is -1.37. The molecule has 146 valence electrons. The summed E-state index contributed by atoms with van der Waals surface area (Å²) < 4.78 is 39.6. The number of nitrogens with zero attached hydrogens (tertiary/aromatic N) is 2. The van der Waals surface area contributed by atoms with E-state index in [1.807, 2.05) is 0 Å². The number of rotatable bonds is 6. The zero-order valence-corrected chi connectivity index (χ0v) is 14.7. The van der Waals surface area contributed by atoms with E-state index in [1.54, 1.807) is 13.8 Å². The fourth-order valence-electron chi connectivity index (χ4n) is 2.30. The maximum atomic E-state index is 12.8. The van der Waals surface area contributed by atoms with Crippen LogP contribution < -0.4 is 10.6 Å². The molecule has 0 aliphatic heterocycles. The molecular formula is C17H19F3N4O3. The predicted octanol–water partition coefficient (Wildman–Crippen LogP) is 3.66. The van der Waals surface area contributed by atoms with Crippen molar-refractivity contribution in [3.8, 4) is 5.69 Å². The first kappa shape index (κ1) is 20.3. The molecule has 0 spiro atoms. The largest absolute Gasteiger partial charge is 0.481 e. The van der Waals surface area contributed by atoms with Gasteiger partial charge in [0.05, 0.1) is 11.3 Å². The molecule has 27 heavy (non-hydrogen) atoms. The molecule has 1 aromatic carbocycles. The summed E-state index contributed by atoms with van der Waals surface area (Å²) in [6.45, 7) is 3.35. The summed E-state index contributed by atoms with van der Waals surface area (Å²) in [5, 5.41) is 17.8. The molecule has 3 N–H and O–H groups in total. The monoisotopic (exact) mass is 384 g/mol. The number of aliphatic carboxylic acids is 1. The van der Waals surface area contributed by atoms with Gasteiger partial charge < -0.3 is 10.4 Å². The van der Waals surface area contributed by atoms with Crippen molar-refractivity contribution >= 4 is 17.8 Å². The van der Waals surface area contributed by atoms with Gasteiger partial charge in [-0.15, -0.1) is 5.10 Å². The number of nitrogens with one attached hydrogen (secondary N) is 2. The van der Waals surface area contributed by atoms with Crippen LogP contribution in [-0.2, 0) is 11.0 Å². The number of urea groups is 1. The molecule has 0 unspecified atom stereocenters. The summed E-state index contributed by atoms with van der Waals surface area (Å²) in [5.74, 6) is -0.830. The summed E-state index contributed by atoms with van der Waals surface area (Å²) in [6, 6.07) is 5.47. The van der Waals surface area contributed by atoms with Crippen molar-refractivity contribution in [1.82, 2.24) is 15.1 Å². The lowest BCUT2D eigenvalue weighted by Crippen LogP contribution is -2.45. The van der Waals surface area contributed by atoms with E-state index in [2.05, 4.69) is 15.7 Å². The molecule has 2 amide bonds. The van der Waals surface area contributed by atoms with Crippen LogP contribution in [0.4, 0.5) is 23.8 Å². The Morgan fingerprint density at radius 1 is 1.22 bits per heavy atom. The minimum atomic E-state index is -4.47. The molecule has 0 atom stereocenters. The van der Waals surface area contributed by atoms with Crippen molar-refractivity contribution in [3.05, 3.63) is 42.1 Å². The van der Waals surface area contributed by atoms with E-state index in [0.29, 0.717) is 0 Å². The Hall–Kier alpha value is -3.04. The fourth-order valence-corrected chi connectivity index (χ4v) is 2.30. The maximum Gasteiger partial charge on any atom is 0.416 e. The minimum absolute atomic E-state index is 0.0997. The van der Waals surface area contributed by atoms with Gasteiger partial charge in [-0.3, -0.25) is 10.1 Å². The number of amides is 2. The Bertz CT molecular complexity index is 831. The van der Waals surface area contributed by atoms with E-state index in [4.69, 9.17) is 5.11 Å². The Morgan fingerprint density at radius 3 is 2.56 bits per heavy atom. The van der Waals surface area contributed by atoms with Gasteiger partial charge in [0, 0.05) is 24.2 Å². The first-order valence-corrected chi connectivity index (χ1v) is 8.00. The highest BCUT2D eigenvalue weighted by molar-refractivity contribution is 5.88. The Morgan fingerprint density at radius 2 is 1.93 bits per heavy atom. The molecular weight excluding hydrogens is 365 g/mol. The maximum absolute atomic E-state index is 12.8. The van der Waals surface area contributed by atoms with Crippen LogP contribution in [0, 0.1) is 0 Å². The third kappa shape index (κ3) is 6.01. The standard InChI is InChI=1S/C17H19F3N4O3/c1-16(2,8-6-14(25)26)22-15(27)21-13-7-9-24(23-13)12-5-3-4-11(10-12)17(18,19)20/h3-5,7,9-10H,6,8H2,1-2H3,(H,25,26)(H2,21,22,23,27). The smallest absolute Gasteiger partial charge is 0.416 e. The van der Waals surface area contributed by atoms with Crippen molar-refractivity contribution in [2.24, 2.45) is 0 Å². The van der Waals surface area contributed by atoms with Crippen LogP contribution in [0.3, 0.4) is 0 Å². The van der Waals surface area contributed by atoms with E-state index < -0.39 is 29.3 Å². The van der Waals surface area contributed by atoms with E-state index >= 15 is 0 Å². The van der Waals surface area contributed by atoms with Crippen LogP contribution in [0.15, 0.2) is 36.5 Å². The molecule has 1 aromatic heterocycles. The van der Waals surface area contributed by atoms with Gasteiger partial charge in [0.2, 0.25) is 0 Å². The molecule has 7 nitrogen and oxygen atoms in total. The van der Waals surface area contributed by atoms with Gasteiger partial charge in [-0.25, -0.2) is 9.48 Å². The molecule has 0 radical (unpaired) electrons. The number of halogens is 3. The van der Waals surface area contributed by atoms with Gasteiger partial charge in [0.25, 0.3) is 0 Å². The molecule has 2 aromatic rings. The highest BCUT2D eigenvalue weighted by atomic mass is 19.4. The number of benzene rings is 1. The number of carbonyl (C=O) groups excluding carboxylic acids is 1. The minimum Gasteiger partial charge on any atom is -0.481 e. The van der Waals surface area contributed by atoms with Gasteiger partial charge in [-0.05, 0) is 38.5 Å². The first-order valence-electron chi connectivity index (χ1n) is 8.00. The lowest BCUT2D eigenvalue weighted by atomic mass is 9.99. The number of hydrogen-bond donors (Lipinski definition) is 3. The number of anilines is 1. The van der Waals surface area contributed by atoms with Crippen LogP contribution in [0.2, 0.25) is 0 Å². The molecule has 1 heterocycles. The molecule has 0 saturated carbocycles. The second-order valence-electron chi connectivity index (χ2n) is 6.55. The zero-order chi connectivity index (χ0) is 20.2. The molecule has 0 aliphatic carbocycles. The molecule has 0 aliphatic rings. The van der Waals surface area contributed by atoms with Crippen molar-refractivity contribution < 1.29 is 27.9 Å². The SMILES string of the molecule is CC(C)(CCC(=O)O)NC(=O)Nc1ccn(-c2cccc(C(F)(F)F)c2)n1. The predicted molar refractivity (Wildman–Crippen MR) is 91.7 cm³/mol. The van der Waals surface area contributed by atoms with Crippen LogP contribution in [0.5, 0.6) is 0 Å². The quantitative estimate of drug-likeness (QED) is 0.708. The normalized spacial score (nSPS) is 11.9. The average molecular weight is 384 g/mol. The topological polar surface area (TPSA) is 96.3 Å². The number of aromatic nitrogens is 2. The zero-order valence-electron chi connectivity index (χ0n) is 14.7. The fraction of sp³-hybridized carbons (Fsp3) is 0.353. The summed E-state index contributed by atoms with van der Waals surface area (Å²) >= 11 is 0. The van der Waals surface area contributed by atoms with Crippen LogP contribution in [0.1, 0.15) is 32.3 Å². The Kier molecular flexibility index (Phi) is 5.77. The van der Waals surface area contributed by atoms with E-state index in [1.165, 1.54) is 29.1 Å². The highest BCUT2D eigenvalue weighted by Gasteiger charge is 2.30. The van der Waals surface area contributed by atoms with Gasteiger partial charge in [-0.2, -0.15) is 13.2 Å². The summed E-state index contributed by atoms with van der Waals surface area (Å²) in [6.07, 6.45) is -2.92. The highest BCUT2D eigenvalue weighted by Crippen LogP contribution is 2.30. The average Bonchev–Trinajstić information content (AvgIpc) is 3.00. The van der Waals surface area contributed by atoms with Crippen LogP contribution >= 0.6 is 0 Å². The summed E-state index contributed by atoms with van der Waals surface area (Å²) in [7, 11) is 0. The van der Waals surface area contributed by atoms with Crippen molar-refractivity contribution in [2.45, 2.75) is 38.4 Å². The third-order valence-corrected chi connectivity index (χ3v) is 3.68. The Balaban J connectivity index is 2.04. The van der Waals surface area contributed by atoms with E-state index in [-0.39, 0.29) is 24.3 Å². The van der Waals surface area contributed by atoms with Crippen LogP contribution in [-0.4, -0.2) is 32.4 Å².